The van der Waals surface area contributed by atoms with Crippen LogP contribution in [0.15, 0.2) is 6.20 Å². The van der Waals surface area contributed by atoms with Crippen molar-refractivity contribution in [2.45, 2.75) is 13.0 Å². The van der Waals surface area contributed by atoms with Crippen LogP contribution in [0.1, 0.15) is 17.6 Å². The van der Waals surface area contributed by atoms with Crippen molar-refractivity contribution in [3.8, 4) is 0 Å². The Bertz CT molecular complexity index is 625. The molecule has 118 valence electrons. The van der Waals surface area contributed by atoms with Gasteiger partial charge in [-0.15, -0.1) is 0 Å². The summed E-state index contributed by atoms with van der Waals surface area (Å²) in [5, 5.41) is 0. The lowest BCUT2D eigenvalue weighted by Gasteiger charge is -2.32. The molecule has 0 spiro atoms. The number of nitrogens with one attached hydrogen (secondary N) is 1. The van der Waals surface area contributed by atoms with Gasteiger partial charge in [0.15, 0.2) is 0 Å². The number of hydrogen-bond acceptors (Lipinski definition) is 5. The van der Waals surface area contributed by atoms with Crippen LogP contribution in [0.25, 0.3) is 0 Å². The van der Waals surface area contributed by atoms with E-state index in [1.807, 2.05) is 24.7 Å². The standard InChI is InChI=1S/C12H20N4O4S/c1-9-7-15(2)12(14-9)10-8-16(4-5-20-10)11(17)6-13-21(3,18)19/h7,10,13H,4-6,8H2,1-3H3/t10-/m1/s1. The molecule has 1 N–H and O–H groups in total. The lowest BCUT2D eigenvalue weighted by molar-refractivity contribution is -0.138. The molecule has 9 heteroatoms. The van der Waals surface area contributed by atoms with Crippen LogP contribution in [0.4, 0.5) is 0 Å². The molecule has 21 heavy (non-hydrogen) atoms. The van der Waals surface area contributed by atoms with E-state index in [2.05, 4.69) is 9.71 Å². The number of sulfonamides is 1. The van der Waals surface area contributed by atoms with E-state index in [-0.39, 0.29) is 18.6 Å². The van der Waals surface area contributed by atoms with Crippen molar-refractivity contribution in [1.82, 2.24) is 19.2 Å². The van der Waals surface area contributed by atoms with E-state index < -0.39 is 10.0 Å². The molecule has 1 atom stereocenters. The van der Waals surface area contributed by atoms with Crippen molar-refractivity contribution in [2.75, 3.05) is 32.5 Å². The quantitative estimate of drug-likeness (QED) is 0.783. The molecule has 8 nitrogen and oxygen atoms in total. The molecular weight excluding hydrogens is 296 g/mol. The average Bonchev–Trinajstić information content (AvgIpc) is 2.74. The summed E-state index contributed by atoms with van der Waals surface area (Å²) in [6.07, 6.45) is 2.63. The summed E-state index contributed by atoms with van der Waals surface area (Å²) in [5.74, 6) is 0.501. The molecule has 0 aliphatic carbocycles. The van der Waals surface area contributed by atoms with Gasteiger partial charge in [0.1, 0.15) is 11.9 Å². The molecule has 1 fully saturated rings. The molecule has 2 rings (SSSR count). The molecule has 1 aliphatic rings. The Morgan fingerprint density at radius 2 is 2.29 bits per heavy atom. The molecule has 0 aromatic carbocycles. The van der Waals surface area contributed by atoms with Gasteiger partial charge in [0, 0.05) is 19.8 Å². The maximum atomic E-state index is 12.0. The number of carbonyl (C=O) groups is 1. The van der Waals surface area contributed by atoms with Gasteiger partial charge in [0.05, 0.1) is 31.6 Å². The Morgan fingerprint density at radius 1 is 1.57 bits per heavy atom. The van der Waals surface area contributed by atoms with E-state index in [9.17, 15) is 13.2 Å². The van der Waals surface area contributed by atoms with Gasteiger partial charge in [0.25, 0.3) is 0 Å². The SMILES string of the molecule is Cc1cn(C)c([C@H]2CN(C(=O)CNS(C)(=O)=O)CCO2)n1. The second-order valence-corrected chi connectivity index (χ2v) is 6.98. The van der Waals surface area contributed by atoms with E-state index in [1.54, 1.807) is 4.90 Å². The number of hydrogen-bond donors (Lipinski definition) is 1. The van der Waals surface area contributed by atoms with Crippen molar-refractivity contribution in [2.24, 2.45) is 7.05 Å². The smallest absolute Gasteiger partial charge is 0.237 e. The Kier molecular flexibility index (Phi) is 4.64. The largest absolute Gasteiger partial charge is 0.367 e. The van der Waals surface area contributed by atoms with Gasteiger partial charge in [-0.05, 0) is 6.92 Å². The third-order valence-corrected chi connectivity index (χ3v) is 3.89. The summed E-state index contributed by atoms with van der Waals surface area (Å²) in [5.41, 5.74) is 0.887. The Labute approximate surface area is 124 Å². The highest BCUT2D eigenvalue weighted by molar-refractivity contribution is 7.88. The zero-order chi connectivity index (χ0) is 15.6. The minimum atomic E-state index is -3.37. The molecule has 0 bridgehead atoms. The molecule has 1 aromatic rings. The lowest BCUT2D eigenvalue weighted by Crippen LogP contribution is -2.46. The number of carbonyl (C=O) groups excluding carboxylic acids is 1. The molecule has 1 aliphatic heterocycles. The van der Waals surface area contributed by atoms with E-state index in [4.69, 9.17) is 4.74 Å². The van der Waals surface area contributed by atoms with Gasteiger partial charge in [-0.3, -0.25) is 4.79 Å². The van der Waals surface area contributed by atoms with E-state index in [0.717, 1.165) is 17.8 Å². The highest BCUT2D eigenvalue weighted by Crippen LogP contribution is 2.21. The summed E-state index contributed by atoms with van der Waals surface area (Å²) in [6.45, 7) is 2.89. The van der Waals surface area contributed by atoms with E-state index in [1.165, 1.54) is 0 Å². The molecule has 0 radical (unpaired) electrons. The van der Waals surface area contributed by atoms with Gasteiger partial charge in [0.2, 0.25) is 15.9 Å². The number of aromatic nitrogens is 2. The molecule has 1 aromatic heterocycles. The van der Waals surface area contributed by atoms with Gasteiger partial charge < -0.3 is 14.2 Å². The van der Waals surface area contributed by atoms with Gasteiger partial charge >= 0.3 is 0 Å². The minimum absolute atomic E-state index is 0.231. The first kappa shape index (κ1) is 15.9. The zero-order valence-electron chi connectivity index (χ0n) is 12.4. The molecule has 1 saturated heterocycles. The molecule has 0 unspecified atom stereocenters. The summed E-state index contributed by atoms with van der Waals surface area (Å²) < 4.78 is 31.8. The van der Waals surface area contributed by atoms with Crippen molar-refractivity contribution in [1.29, 1.82) is 0 Å². The third-order valence-electron chi connectivity index (χ3n) is 3.23. The Morgan fingerprint density at radius 3 is 2.86 bits per heavy atom. The Balaban J connectivity index is 2.00. The summed E-state index contributed by atoms with van der Waals surface area (Å²) in [7, 11) is -1.49. The third kappa shape index (κ3) is 4.26. The first-order valence-electron chi connectivity index (χ1n) is 6.60. The fraction of sp³-hybridized carbons (Fsp3) is 0.667. The van der Waals surface area contributed by atoms with E-state index in [0.29, 0.717) is 19.7 Å². The number of nitrogens with zero attached hydrogens (tertiary/aromatic N) is 3. The van der Waals surface area contributed by atoms with Crippen molar-refractivity contribution in [3.63, 3.8) is 0 Å². The second kappa shape index (κ2) is 6.12. The second-order valence-electron chi connectivity index (χ2n) is 5.14. The van der Waals surface area contributed by atoms with Gasteiger partial charge in [-0.25, -0.2) is 18.1 Å². The Hall–Kier alpha value is -1.45. The molecule has 2 heterocycles. The van der Waals surface area contributed by atoms with Crippen LogP contribution in [-0.4, -0.2) is 61.3 Å². The predicted molar refractivity (Wildman–Crippen MR) is 76.1 cm³/mol. The summed E-state index contributed by atoms with van der Waals surface area (Å²) in [4.78, 5) is 18.0. The highest BCUT2D eigenvalue weighted by Gasteiger charge is 2.28. The highest BCUT2D eigenvalue weighted by atomic mass is 32.2. The molecule has 1 amide bonds. The van der Waals surface area contributed by atoms with Crippen LogP contribution in [-0.2, 0) is 26.6 Å². The zero-order valence-corrected chi connectivity index (χ0v) is 13.2. The van der Waals surface area contributed by atoms with Crippen LogP contribution in [0.2, 0.25) is 0 Å². The number of imidazole rings is 1. The number of aryl methyl sites for hydroxylation is 2. The van der Waals surface area contributed by atoms with Crippen molar-refractivity contribution in [3.05, 3.63) is 17.7 Å². The molecular formula is C12H20N4O4S. The maximum Gasteiger partial charge on any atom is 0.237 e. The average molecular weight is 316 g/mol. The number of amides is 1. The first-order valence-corrected chi connectivity index (χ1v) is 8.49. The van der Waals surface area contributed by atoms with Crippen LogP contribution in [0.5, 0.6) is 0 Å². The van der Waals surface area contributed by atoms with Crippen LogP contribution in [0.3, 0.4) is 0 Å². The topological polar surface area (TPSA) is 93.5 Å². The monoisotopic (exact) mass is 316 g/mol. The van der Waals surface area contributed by atoms with Crippen molar-refractivity contribution >= 4 is 15.9 Å². The van der Waals surface area contributed by atoms with Crippen LogP contribution in [0, 0.1) is 6.92 Å². The minimum Gasteiger partial charge on any atom is -0.367 e. The number of ether oxygens (including phenoxy) is 1. The maximum absolute atomic E-state index is 12.0. The fourth-order valence-electron chi connectivity index (χ4n) is 2.27. The van der Waals surface area contributed by atoms with Crippen LogP contribution < -0.4 is 4.72 Å². The number of rotatable bonds is 4. The summed E-state index contributed by atoms with van der Waals surface area (Å²) in [6, 6.07) is 0. The summed E-state index contributed by atoms with van der Waals surface area (Å²) >= 11 is 0. The van der Waals surface area contributed by atoms with Crippen LogP contribution >= 0.6 is 0 Å². The molecule has 0 saturated carbocycles. The number of morpholine rings is 1. The normalized spacial score (nSPS) is 19.8. The lowest BCUT2D eigenvalue weighted by atomic mass is 10.2. The first-order chi connectivity index (χ1) is 9.76. The predicted octanol–water partition coefficient (Wildman–Crippen LogP) is -0.822. The van der Waals surface area contributed by atoms with Gasteiger partial charge in [-0.2, -0.15) is 0 Å². The van der Waals surface area contributed by atoms with Gasteiger partial charge in [-0.1, -0.05) is 0 Å². The van der Waals surface area contributed by atoms with Crippen molar-refractivity contribution < 1.29 is 17.9 Å². The van der Waals surface area contributed by atoms with E-state index >= 15 is 0 Å². The fourth-order valence-corrected chi connectivity index (χ4v) is 2.66.